The molecule has 0 radical (unpaired) electrons. The SMILES string of the molecule is CC(C)Cn1ncnc1COC(=O)c1ccc(N)cc1F. The van der Waals surface area contributed by atoms with E-state index in [-0.39, 0.29) is 17.9 Å². The molecule has 21 heavy (non-hydrogen) atoms. The first-order valence-electron chi connectivity index (χ1n) is 6.56. The molecule has 1 heterocycles. The average molecular weight is 292 g/mol. The summed E-state index contributed by atoms with van der Waals surface area (Å²) in [7, 11) is 0. The van der Waals surface area contributed by atoms with Crippen molar-refractivity contribution in [3.8, 4) is 0 Å². The molecule has 0 aliphatic carbocycles. The Labute approximate surface area is 121 Å². The minimum absolute atomic E-state index is 0.0601. The number of carbonyl (C=O) groups is 1. The highest BCUT2D eigenvalue weighted by Crippen LogP contribution is 2.13. The van der Waals surface area contributed by atoms with E-state index in [1.54, 1.807) is 4.68 Å². The van der Waals surface area contributed by atoms with Crippen LogP contribution in [0.5, 0.6) is 0 Å². The van der Waals surface area contributed by atoms with Gasteiger partial charge in [0.1, 0.15) is 12.1 Å². The van der Waals surface area contributed by atoms with Crippen molar-refractivity contribution >= 4 is 11.7 Å². The molecule has 0 aliphatic heterocycles. The molecule has 112 valence electrons. The van der Waals surface area contributed by atoms with Gasteiger partial charge in [-0.3, -0.25) is 0 Å². The van der Waals surface area contributed by atoms with Crippen molar-refractivity contribution < 1.29 is 13.9 Å². The lowest BCUT2D eigenvalue weighted by atomic mass is 10.2. The highest BCUT2D eigenvalue weighted by atomic mass is 19.1. The van der Waals surface area contributed by atoms with E-state index in [2.05, 4.69) is 10.1 Å². The molecule has 0 fully saturated rings. The smallest absolute Gasteiger partial charge is 0.341 e. The van der Waals surface area contributed by atoms with Crippen LogP contribution in [0.2, 0.25) is 0 Å². The molecule has 0 spiro atoms. The number of halogens is 1. The number of nitrogens with zero attached hydrogens (tertiary/aromatic N) is 3. The van der Waals surface area contributed by atoms with Crippen LogP contribution >= 0.6 is 0 Å². The minimum Gasteiger partial charge on any atom is -0.454 e. The Morgan fingerprint density at radius 3 is 2.90 bits per heavy atom. The van der Waals surface area contributed by atoms with Crippen LogP contribution in [0.3, 0.4) is 0 Å². The number of ether oxygens (including phenoxy) is 1. The predicted octanol–water partition coefficient (Wildman–Crippen LogP) is 2.01. The second kappa shape index (κ2) is 6.34. The summed E-state index contributed by atoms with van der Waals surface area (Å²) >= 11 is 0. The summed E-state index contributed by atoms with van der Waals surface area (Å²) in [5.74, 6) is -0.557. The Morgan fingerprint density at radius 1 is 1.48 bits per heavy atom. The summed E-state index contributed by atoms with van der Waals surface area (Å²) in [6, 6.07) is 3.82. The second-order valence-corrected chi connectivity index (χ2v) is 5.07. The maximum Gasteiger partial charge on any atom is 0.341 e. The van der Waals surface area contributed by atoms with Crippen molar-refractivity contribution in [3.05, 3.63) is 41.7 Å². The summed E-state index contributed by atoms with van der Waals surface area (Å²) in [5.41, 5.74) is 5.53. The van der Waals surface area contributed by atoms with Crippen LogP contribution in [-0.4, -0.2) is 20.7 Å². The number of rotatable bonds is 5. The zero-order chi connectivity index (χ0) is 15.4. The summed E-state index contributed by atoms with van der Waals surface area (Å²) in [6.07, 6.45) is 1.40. The van der Waals surface area contributed by atoms with Crippen LogP contribution in [0, 0.1) is 11.7 Å². The normalized spacial score (nSPS) is 10.9. The second-order valence-electron chi connectivity index (χ2n) is 5.07. The molecule has 0 amide bonds. The van der Waals surface area contributed by atoms with Gasteiger partial charge >= 0.3 is 5.97 Å². The standard InChI is InChI=1S/C14H17FN4O2/c1-9(2)6-19-13(17-8-18-19)7-21-14(20)11-4-3-10(16)5-12(11)15/h3-5,8-9H,6-7,16H2,1-2H3. The first-order valence-corrected chi connectivity index (χ1v) is 6.56. The minimum atomic E-state index is -0.758. The quantitative estimate of drug-likeness (QED) is 0.673. The molecule has 6 nitrogen and oxygen atoms in total. The fourth-order valence-corrected chi connectivity index (χ4v) is 1.80. The zero-order valence-electron chi connectivity index (χ0n) is 11.9. The van der Waals surface area contributed by atoms with E-state index >= 15 is 0 Å². The summed E-state index contributed by atoms with van der Waals surface area (Å²) in [4.78, 5) is 15.9. The van der Waals surface area contributed by atoms with E-state index in [0.29, 0.717) is 18.3 Å². The Hall–Kier alpha value is -2.44. The first kappa shape index (κ1) is 15.0. The molecule has 0 bridgehead atoms. The molecular formula is C14H17FN4O2. The van der Waals surface area contributed by atoms with Crippen molar-refractivity contribution in [2.24, 2.45) is 5.92 Å². The number of hydrogen-bond acceptors (Lipinski definition) is 5. The number of nitrogens with two attached hydrogens (primary N) is 1. The van der Waals surface area contributed by atoms with Gasteiger partial charge in [-0.2, -0.15) is 5.10 Å². The molecule has 2 aromatic rings. The third-order valence-electron chi connectivity index (χ3n) is 2.78. The van der Waals surface area contributed by atoms with Gasteiger partial charge in [0.2, 0.25) is 0 Å². The van der Waals surface area contributed by atoms with Crippen molar-refractivity contribution in [2.45, 2.75) is 27.0 Å². The number of esters is 1. The van der Waals surface area contributed by atoms with Gasteiger partial charge in [0.15, 0.2) is 12.4 Å². The zero-order valence-corrected chi connectivity index (χ0v) is 11.9. The molecule has 1 aromatic carbocycles. The van der Waals surface area contributed by atoms with Crippen LogP contribution in [0.25, 0.3) is 0 Å². The summed E-state index contributed by atoms with van der Waals surface area (Å²) < 4.78 is 20.3. The number of nitrogen functional groups attached to an aromatic ring is 1. The van der Waals surface area contributed by atoms with Gasteiger partial charge in [-0.25, -0.2) is 18.9 Å². The van der Waals surface area contributed by atoms with E-state index in [0.717, 1.165) is 6.07 Å². The molecule has 1 aromatic heterocycles. The molecule has 2 rings (SSSR count). The van der Waals surface area contributed by atoms with Crippen LogP contribution in [0.15, 0.2) is 24.5 Å². The van der Waals surface area contributed by atoms with Crippen LogP contribution in [-0.2, 0) is 17.9 Å². The average Bonchev–Trinajstić information content (AvgIpc) is 2.82. The van der Waals surface area contributed by atoms with Crippen molar-refractivity contribution in [2.75, 3.05) is 5.73 Å². The van der Waals surface area contributed by atoms with Crippen LogP contribution < -0.4 is 5.73 Å². The highest BCUT2D eigenvalue weighted by molar-refractivity contribution is 5.90. The molecule has 0 saturated heterocycles. The first-order chi connectivity index (χ1) is 9.97. The Kier molecular flexibility index (Phi) is 4.52. The number of anilines is 1. The molecule has 0 aliphatic rings. The molecular weight excluding hydrogens is 275 g/mol. The van der Waals surface area contributed by atoms with E-state index in [1.807, 2.05) is 13.8 Å². The Bertz CT molecular complexity index is 640. The molecule has 0 saturated carbocycles. The molecule has 0 unspecified atom stereocenters. The van der Waals surface area contributed by atoms with Gasteiger partial charge < -0.3 is 10.5 Å². The van der Waals surface area contributed by atoms with Gasteiger partial charge in [-0.05, 0) is 24.1 Å². The van der Waals surface area contributed by atoms with Gasteiger partial charge in [-0.1, -0.05) is 13.8 Å². The van der Waals surface area contributed by atoms with Crippen molar-refractivity contribution in [1.29, 1.82) is 0 Å². The van der Waals surface area contributed by atoms with Gasteiger partial charge in [0.25, 0.3) is 0 Å². The molecule has 2 N–H and O–H groups in total. The Balaban J connectivity index is 2.03. The summed E-state index contributed by atoms with van der Waals surface area (Å²) in [5, 5.41) is 4.06. The lowest BCUT2D eigenvalue weighted by Gasteiger charge is -2.09. The maximum absolute atomic E-state index is 13.6. The number of aromatic nitrogens is 3. The molecule has 7 heteroatoms. The van der Waals surface area contributed by atoms with E-state index in [9.17, 15) is 9.18 Å². The van der Waals surface area contributed by atoms with Crippen molar-refractivity contribution in [1.82, 2.24) is 14.8 Å². The fourth-order valence-electron chi connectivity index (χ4n) is 1.80. The molecule has 0 atom stereocenters. The van der Waals surface area contributed by atoms with Crippen molar-refractivity contribution in [3.63, 3.8) is 0 Å². The number of hydrogen-bond donors (Lipinski definition) is 1. The Morgan fingerprint density at radius 2 is 2.24 bits per heavy atom. The maximum atomic E-state index is 13.6. The lowest BCUT2D eigenvalue weighted by Crippen LogP contribution is -2.14. The number of carbonyl (C=O) groups excluding carboxylic acids is 1. The highest BCUT2D eigenvalue weighted by Gasteiger charge is 2.15. The summed E-state index contributed by atoms with van der Waals surface area (Å²) in [6.45, 7) is 4.70. The predicted molar refractivity (Wildman–Crippen MR) is 74.8 cm³/mol. The van der Waals surface area contributed by atoms with E-state index < -0.39 is 11.8 Å². The van der Waals surface area contributed by atoms with Crippen LogP contribution in [0.1, 0.15) is 30.0 Å². The van der Waals surface area contributed by atoms with E-state index in [1.165, 1.54) is 18.5 Å². The van der Waals surface area contributed by atoms with Gasteiger partial charge in [0.05, 0.1) is 5.56 Å². The van der Waals surface area contributed by atoms with E-state index in [4.69, 9.17) is 10.5 Å². The lowest BCUT2D eigenvalue weighted by molar-refractivity contribution is 0.0450. The fraction of sp³-hybridized carbons (Fsp3) is 0.357. The van der Waals surface area contributed by atoms with Crippen LogP contribution in [0.4, 0.5) is 10.1 Å². The van der Waals surface area contributed by atoms with Gasteiger partial charge in [-0.15, -0.1) is 0 Å². The topological polar surface area (TPSA) is 83.0 Å². The monoisotopic (exact) mass is 292 g/mol. The van der Waals surface area contributed by atoms with Gasteiger partial charge in [0, 0.05) is 12.2 Å². The largest absolute Gasteiger partial charge is 0.454 e. The third kappa shape index (κ3) is 3.77. The third-order valence-corrected chi connectivity index (χ3v) is 2.78. The number of benzene rings is 1.